The maximum absolute atomic E-state index is 13.3. The zero-order chi connectivity index (χ0) is 16.8. The fraction of sp³-hybridized carbons (Fsp3) is 0.333. The molecule has 1 saturated carbocycles. The summed E-state index contributed by atoms with van der Waals surface area (Å²) in [6, 6.07) is 10.3. The van der Waals surface area contributed by atoms with Gasteiger partial charge in [-0.3, -0.25) is 0 Å². The monoisotopic (exact) mass is 456 g/mol. The van der Waals surface area contributed by atoms with Crippen LogP contribution in [-0.2, 0) is 6.54 Å². The van der Waals surface area contributed by atoms with Gasteiger partial charge in [-0.15, -0.1) is 24.0 Å². The van der Waals surface area contributed by atoms with Crippen LogP contribution in [0.3, 0.4) is 0 Å². The second kappa shape index (κ2) is 9.55. The molecule has 1 aliphatic carbocycles. The van der Waals surface area contributed by atoms with Gasteiger partial charge >= 0.3 is 0 Å². The minimum absolute atomic E-state index is 0. The summed E-state index contributed by atoms with van der Waals surface area (Å²) in [4.78, 5) is 8.83. The molecule has 1 heterocycles. The van der Waals surface area contributed by atoms with Crippen molar-refractivity contribution in [3.8, 4) is 11.6 Å². The van der Waals surface area contributed by atoms with Gasteiger partial charge in [-0.25, -0.2) is 14.4 Å². The van der Waals surface area contributed by atoms with Gasteiger partial charge in [-0.2, -0.15) is 0 Å². The highest BCUT2D eigenvalue weighted by Gasteiger charge is 2.22. The summed E-state index contributed by atoms with van der Waals surface area (Å²) in [6.45, 7) is 3.27. The summed E-state index contributed by atoms with van der Waals surface area (Å²) in [6.07, 6.45) is 4.02. The molecule has 0 amide bonds. The van der Waals surface area contributed by atoms with Gasteiger partial charge < -0.3 is 15.4 Å². The first-order valence-corrected chi connectivity index (χ1v) is 8.16. The van der Waals surface area contributed by atoms with E-state index in [0.717, 1.165) is 18.1 Å². The van der Waals surface area contributed by atoms with Gasteiger partial charge in [0.25, 0.3) is 0 Å². The lowest BCUT2D eigenvalue weighted by atomic mass is 10.2. The normalized spacial score (nSPS) is 13.8. The largest absolute Gasteiger partial charge is 0.439 e. The van der Waals surface area contributed by atoms with Gasteiger partial charge in [0.2, 0.25) is 5.88 Å². The van der Waals surface area contributed by atoms with E-state index in [-0.39, 0.29) is 29.8 Å². The molecular formula is C18H22FIN4O. The fourth-order valence-corrected chi connectivity index (χ4v) is 2.18. The zero-order valence-corrected chi connectivity index (χ0v) is 16.4. The number of pyridine rings is 1. The Kier molecular flexibility index (Phi) is 7.42. The predicted molar refractivity (Wildman–Crippen MR) is 107 cm³/mol. The van der Waals surface area contributed by atoms with Crippen molar-refractivity contribution in [3.63, 3.8) is 0 Å². The molecule has 2 aromatic rings. The number of aromatic nitrogens is 1. The van der Waals surface area contributed by atoms with E-state index in [0.29, 0.717) is 24.2 Å². The Morgan fingerprint density at radius 3 is 2.88 bits per heavy atom. The Hall–Kier alpha value is -1.90. The topological polar surface area (TPSA) is 58.5 Å². The van der Waals surface area contributed by atoms with E-state index in [2.05, 4.69) is 20.6 Å². The Morgan fingerprint density at radius 2 is 2.16 bits per heavy atom. The first kappa shape index (κ1) is 19.4. The molecule has 25 heavy (non-hydrogen) atoms. The summed E-state index contributed by atoms with van der Waals surface area (Å²) < 4.78 is 19.0. The standard InChI is InChI=1S/C18H21FN4O.HI/c1-2-20-18(23-15-8-9-15)22-12-13-5-4-10-21-17(13)24-16-7-3-6-14(19)11-16;/h3-7,10-11,15H,2,8-9,12H2,1H3,(H2,20,22,23);1H. The third kappa shape index (κ3) is 6.15. The number of nitrogens with one attached hydrogen (secondary N) is 2. The van der Waals surface area contributed by atoms with Crippen molar-refractivity contribution in [3.05, 3.63) is 54.0 Å². The van der Waals surface area contributed by atoms with Crippen LogP contribution >= 0.6 is 24.0 Å². The summed E-state index contributed by atoms with van der Waals surface area (Å²) in [5.41, 5.74) is 0.842. The summed E-state index contributed by atoms with van der Waals surface area (Å²) >= 11 is 0. The molecule has 3 rings (SSSR count). The lowest BCUT2D eigenvalue weighted by Gasteiger charge is -2.11. The average Bonchev–Trinajstić information content (AvgIpc) is 3.38. The summed E-state index contributed by atoms with van der Waals surface area (Å²) in [7, 11) is 0. The van der Waals surface area contributed by atoms with Crippen molar-refractivity contribution in [2.75, 3.05) is 6.54 Å². The second-order valence-corrected chi connectivity index (χ2v) is 5.64. The molecule has 0 saturated heterocycles. The van der Waals surface area contributed by atoms with Gasteiger partial charge in [-0.1, -0.05) is 12.1 Å². The number of aliphatic imine (C=N–C) groups is 1. The second-order valence-electron chi connectivity index (χ2n) is 5.64. The molecule has 0 radical (unpaired) electrons. The van der Waals surface area contributed by atoms with Gasteiger partial charge in [0.15, 0.2) is 5.96 Å². The van der Waals surface area contributed by atoms with Crippen molar-refractivity contribution in [2.45, 2.75) is 32.4 Å². The third-order valence-corrected chi connectivity index (χ3v) is 3.53. The van der Waals surface area contributed by atoms with Crippen molar-refractivity contribution in [1.29, 1.82) is 0 Å². The molecule has 1 aromatic heterocycles. The minimum atomic E-state index is -0.342. The lowest BCUT2D eigenvalue weighted by Crippen LogP contribution is -2.38. The molecule has 0 unspecified atom stereocenters. The molecule has 1 aromatic carbocycles. The van der Waals surface area contributed by atoms with Crippen molar-refractivity contribution >= 4 is 29.9 Å². The smallest absolute Gasteiger partial charge is 0.224 e. The molecule has 2 N–H and O–H groups in total. The van der Waals surface area contributed by atoms with E-state index in [1.807, 2.05) is 19.1 Å². The first-order chi connectivity index (χ1) is 11.7. The van der Waals surface area contributed by atoms with Crippen molar-refractivity contribution < 1.29 is 9.13 Å². The molecule has 1 aliphatic rings. The van der Waals surface area contributed by atoms with Crippen LogP contribution in [0.2, 0.25) is 0 Å². The van der Waals surface area contributed by atoms with Crippen molar-refractivity contribution in [1.82, 2.24) is 15.6 Å². The predicted octanol–water partition coefficient (Wildman–Crippen LogP) is 3.85. The Balaban J connectivity index is 0.00000225. The minimum Gasteiger partial charge on any atom is -0.439 e. The molecule has 0 aliphatic heterocycles. The molecule has 0 atom stereocenters. The number of hydrogen-bond donors (Lipinski definition) is 2. The van der Waals surface area contributed by atoms with Crippen LogP contribution in [0.4, 0.5) is 4.39 Å². The number of halogens is 2. The number of nitrogens with zero attached hydrogens (tertiary/aromatic N) is 2. The SMILES string of the molecule is CCNC(=NCc1cccnc1Oc1cccc(F)c1)NC1CC1.I. The maximum atomic E-state index is 13.3. The van der Waals surface area contributed by atoms with E-state index < -0.39 is 0 Å². The zero-order valence-electron chi connectivity index (χ0n) is 14.0. The molecule has 134 valence electrons. The van der Waals surface area contributed by atoms with Crippen LogP contribution in [0.25, 0.3) is 0 Å². The molecule has 1 fully saturated rings. The summed E-state index contributed by atoms with van der Waals surface area (Å²) in [5.74, 6) is 1.31. The Bertz CT molecular complexity index is 722. The summed E-state index contributed by atoms with van der Waals surface area (Å²) in [5, 5.41) is 6.60. The van der Waals surface area contributed by atoms with Gasteiger partial charge in [-0.05, 0) is 38.0 Å². The van der Waals surface area contributed by atoms with Crippen molar-refractivity contribution in [2.24, 2.45) is 4.99 Å². The van der Waals surface area contributed by atoms with Crippen LogP contribution in [0.1, 0.15) is 25.3 Å². The van der Waals surface area contributed by atoms with E-state index in [9.17, 15) is 4.39 Å². The average molecular weight is 456 g/mol. The molecule has 5 nitrogen and oxygen atoms in total. The Labute approximate surface area is 164 Å². The number of benzene rings is 1. The molecule has 0 bridgehead atoms. The number of guanidine groups is 1. The highest BCUT2D eigenvalue weighted by atomic mass is 127. The highest BCUT2D eigenvalue weighted by molar-refractivity contribution is 14.0. The fourth-order valence-electron chi connectivity index (χ4n) is 2.18. The number of ether oxygens (including phenoxy) is 1. The molecule has 0 spiro atoms. The van der Waals surface area contributed by atoms with Crippen LogP contribution in [0.5, 0.6) is 11.6 Å². The van der Waals surface area contributed by atoms with Gasteiger partial charge in [0, 0.05) is 30.4 Å². The van der Waals surface area contributed by atoms with E-state index in [1.165, 1.54) is 25.0 Å². The number of hydrogen-bond acceptors (Lipinski definition) is 3. The quantitative estimate of drug-likeness (QED) is 0.394. The lowest BCUT2D eigenvalue weighted by molar-refractivity contribution is 0.452. The molecule has 7 heteroatoms. The van der Waals surface area contributed by atoms with Crippen LogP contribution in [0.15, 0.2) is 47.6 Å². The van der Waals surface area contributed by atoms with Gasteiger partial charge in [0.05, 0.1) is 6.54 Å². The number of rotatable bonds is 6. The van der Waals surface area contributed by atoms with E-state index in [1.54, 1.807) is 18.3 Å². The van der Waals surface area contributed by atoms with Crippen LogP contribution in [0, 0.1) is 5.82 Å². The van der Waals surface area contributed by atoms with E-state index in [4.69, 9.17) is 4.74 Å². The van der Waals surface area contributed by atoms with E-state index >= 15 is 0 Å². The molecular weight excluding hydrogens is 434 g/mol. The first-order valence-electron chi connectivity index (χ1n) is 8.16. The van der Waals surface area contributed by atoms with Gasteiger partial charge in [0.1, 0.15) is 11.6 Å². The van der Waals surface area contributed by atoms with Crippen LogP contribution in [-0.4, -0.2) is 23.5 Å². The highest BCUT2D eigenvalue weighted by Crippen LogP contribution is 2.24. The maximum Gasteiger partial charge on any atom is 0.224 e. The Morgan fingerprint density at radius 1 is 1.32 bits per heavy atom. The third-order valence-electron chi connectivity index (χ3n) is 3.53. The van der Waals surface area contributed by atoms with Crippen LogP contribution < -0.4 is 15.4 Å².